The van der Waals surface area contributed by atoms with Crippen molar-refractivity contribution >= 4 is 0 Å². The van der Waals surface area contributed by atoms with Crippen LogP contribution in [0, 0.1) is 20.8 Å². The van der Waals surface area contributed by atoms with Crippen LogP contribution < -0.4 is 4.74 Å². The van der Waals surface area contributed by atoms with Crippen LogP contribution in [0.4, 0.5) is 0 Å². The molecule has 1 aromatic rings. The average Bonchev–Trinajstić information content (AvgIpc) is 2.39. The Labute approximate surface area is 109 Å². The Morgan fingerprint density at radius 3 is 2.50 bits per heavy atom. The van der Waals surface area contributed by atoms with E-state index < -0.39 is 0 Å². The van der Waals surface area contributed by atoms with Gasteiger partial charge in [0.25, 0.3) is 0 Å². The van der Waals surface area contributed by atoms with E-state index in [0.29, 0.717) is 6.61 Å². The molecule has 1 aromatic carbocycles. The first-order chi connectivity index (χ1) is 8.68. The van der Waals surface area contributed by atoms with E-state index in [2.05, 4.69) is 32.9 Å². The van der Waals surface area contributed by atoms with E-state index in [1.54, 1.807) is 0 Å². The van der Waals surface area contributed by atoms with Gasteiger partial charge in [0.1, 0.15) is 5.75 Å². The zero-order chi connectivity index (χ0) is 13.0. The largest absolute Gasteiger partial charge is 0.493 e. The summed E-state index contributed by atoms with van der Waals surface area (Å²) in [7, 11) is 0. The highest BCUT2D eigenvalue weighted by Gasteiger charge is 2.14. The molecule has 0 amide bonds. The lowest BCUT2D eigenvalue weighted by molar-refractivity contribution is -0.183. The second kappa shape index (κ2) is 6.21. The third-order valence-corrected chi connectivity index (χ3v) is 3.37. The summed E-state index contributed by atoms with van der Waals surface area (Å²) in [5.74, 6) is 1.01. The maximum atomic E-state index is 5.89. The molecule has 0 N–H and O–H groups in total. The van der Waals surface area contributed by atoms with E-state index in [0.717, 1.165) is 31.8 Å². The van der Waals surface area contributed by atoms with Crippen LogP contribution in [0.3, 0.4) is 0 Å². The molecule has 1 fully saturated rings. The molecule has 0 bridgehead atoms. The number of benzene rings is 1. The summed E-state index contributed by atoms with van der Waals surface area (Å²) in [4.78, 5) is 0. The molecule has 100 valence electrons. The highest BCUT2D eigenvalue weighted by atomic mass is 16.7. The van der Waals surface area contributed by atoms with Crippen LogP contribution in [-0.2, 0) is 9.47 Å². The van der Waals surface area contributed by atoms with Crippen LogP contribution in [-0.4, -0.2) is 26.1 Å². The van der Waals surface area contributed by atoms with Crippen molar-refractivity contribution in [3.63, 3.8) is 0 Å². The lowest BCUT2D eigenvalue weighted by atomic mass is 10.1. The fraction of sp³-hybridized carbons (Fsp3) is 0.600. The van der Waals surface area contributed by atoms with Crippen molar-refractivity contribution in [2.75, 3.05) is 19.8 Å². The van der Waals surface area contributed by atoms with Gasteiger partial charge in [0.15, 0.2) is 6.29 Å². The van der Waals surface area contributed by atoms with Gasteiger partial charge < -0.3 is 14.2 Å². The molecule has 0 atom stereocenters. The minimum absolute atomic E-state index is 0.0934. The van der Waals surface area contributed by atoms with Crippen LogP contribution in [0.5, 0.6) is 5.75 Å². The van der Waals surface area contributed by atoms with Crippen LogP contribution in [0.2, 0.25) is 0 Å². The van der Waals surface area contributed by atoms with Gasteiger partial charge in [0, 0.05) is 6.42 Å². The van der Waals surface area contributed by atoms with Crippen LogP contribution in [0.25, 0.3) is 0 Å². The number of hydrogen-bond donors (Lipinski definition) is 0. The molecular formula is C15H22O3. The van der Waals surface area contributed by atoms with Crippen molar-refractivity contribution in [3.8, 4) is 5.75 Å². The second-order valence-corrected chi connectivity index (χ2v) is 4.82. The molecule has 1 aliphatic rings. The fourth-order valence-corrected chi connectivity index (χ4v) is 2.11. The number of ether oxygens (including phenoxy) is 3. The standard InChI is InChI=1S/C15H22O3/c1-11-5-6-12(2)15(13(11)3)18-10-7-14-16-8-4-9-17-14/h5-6,14H,4,7-10H2,1-3H3. The van der Waals surface area contributed by atoms with Gasteiger partial charge in [-0.1, -0.05) is 12.1 Å². The topological polar surface area (TPSA) is 27.7 Å². The molecule has 0 saturated carbocycles. The molecule has 0 aliphatic carbocycles. The Kier molecular flexibility index (Phi) is 4.61. The van der Waals surface area contributed by atoms with Gasteiger partial charge in [0.05, 0.1) is 19.8 Å². The first kappa shape index (κ1) is 13.4. The fourth-order valence-electron chi connectivity index (χ4n) is 2.11. The molecule has 0 aromatic heterocycles. The first-order valence-corrected chi connectivity index (χ1v) is 6.61. The monoisotopic (exact) mass is 250 g/mol. The Hall–Kier alpha value is -1.06. The third-order valence-electron chi connectivity index (χ3n) is 3.37. The van der Waals surface area contributed by atoms with Gasteiger partial charge in [-0.3, -0.25) is 0 Å². The molecule has 1 aliphatic heterocycles. The number of rotatable bonds is 4. The van der Waals surface area contributed by atoms with E-state index in [-0.39, 0.29) is 6.29 Å². The molecule has 2 rings (SSSR count). The molecule has 18 heavy (non-hydrogen) atoms. The van der Waals surface area contributed by atoms with Crippen LogP contribution in [0.15, 0.2) is 12.1 Å². The lowest BCUT2D eigenvalue weighted by Gasteiger charge is -2.23. The van der Waals surface area contributed by atoms with E-state index >= 15 is 0 Å². The highest BCUT2D eigenvalue weighted by Crippen LogP contribution is 2.26. The Balaban J connectivity index is 1.88. The predicted octanol–water partition coefficient (Wildman–Crippen LogP) is 3.14. The van der Waals surface area contributed by atoms with Gasteiger partial charge in [-0.05, 0) is 43.9 Å². The molecular weight excluding hydrogens is 228 g/mol. The van der Waals surface area contributed by atoms with E-state index in [4.69, 9.17) is 14.2 Å². The molecule has 0 spiro atoms. The predicted molar refractivity (Wildman–Crippen MR) is 71.1 cm³/mol. The molecule has 1 saturated heterocycles. The zero-order valence-corrected chi connectivity index (χ0v) is 11.5. The van der Waals surface area contributed by atoms with Crippen molar-refractivity contribution < 1.29 is 14.2 Å². The second-order valence-electron chi connectivity index (χ2n) is 4.82. The van der Waals surface area contributed by atoms with E-state index in [9.17, 15) is 0 Å². The molecule has 0 unspecified atom stereocenters. The van der Waals surface area contributed by atoms with E-state index in [1.165, 1.54) is 16.7 Å². The third kappa shape index (κ3) is 3.24. The summed E-state index contributed by atoms with van der Waals surface area (Å²) in [5.41, 5.74) is 3.67. The summed E-state index contributed by atoms with van der Waals surface area (Å²) in [6, 6.07) is 4.23. The van der Waals surface area contributed by atoms with Gasteiger partial charge in [0.2, 0.25) is 0 Å². The zero-order valence-electron chi connectivity index (χ0n) is 11.5. The minimum Gasteiger partial charge on any atom is -0.493 e. The van der Waals surface area contributed by atoms with Gasteiger partial charge in [-0.25, -0.2) is 0 Å². The van der Waals surface area contributed by atoms with Crippen molar-refractivity contribution in [2.45, 2.75) is 39.9 Å². The molecule has 3 heteroatoms. The van der Waals surface area contributed by atoms with Crippen molar-refractivity contribution in [2.24, 2.45) is 0 Å². The Morgan fingerprint density at radius 2 is 1.78 bits per heavy atom. The van der Waals surface area contributed by atoms with Gasteiger partial charge in [-0.2, -0.15) is 0 Å². The number of aryl methyl sites for hydroxylation is 2. The summed E-state index contributed by atoms with van der Waals surface area (Å²) in [6.07, 6.45) is 1.68. The molecule has 1 heterocycles. The SMILES string of the molecule is Cc1ccc(C)c(OCCC2OCCCO2)c1C. The van der Waals surface area contributed by atoms with Gasteiger partial charge in [-0.15, -0.1) is 0 Å². The van der Waals surface area contributed by atoms with Crippen LogP contribution in [0.1, 0.15) is 29.5 Å². The van der Waals surface area contributed by atoms with Crippen molar-refractivity contribution in [1.82, 2.24) is 0 Å². The quantitative estimate of drug-likeness (QED) is 0.821. The molecule has 0 radical (unpaired) electrons. The normalized spacial score (nSPS) is 16.8. The maximum absolute atomic E-state index is 5.89. The summed E-state index contributed by atoms with van der Waals surface area (Å²) < 4.78 is 16.9. The smallest absolute Gasteiger partial charge is 0.160 e. The van der Waals surface area contributed by atoms with E-state index in [1.807, 2.05) is 0 Å². The first-order valence-electron chi connectivity index (χ1n) is 6.61. The number of hydrogen-bond acceptors (Lipinski definition) is 3. The summed E-state index contributed by atoms with van der Waals surface area (Å²) in [6.45, 7) is 8.52. The summed E-state index contributed by atoms with van der Waals surface area (Å²) in [5, 5.41) is 0. The summed E-state index contributed by atoms with van der Waals surface area (Å²) >= 11 is 0. The maximum Gasteiger partial charge on any atom is 0.160 e. The van der Waals surface area contributed by atoms with Gasteiger partial charge >= 0.3 is 0 Å². The highest BCUT2D eigenvalue weighted by molar-refractivity contribution is 5.44. The Bertz CT molecular complexity index is 395. The van der Waals surface area contributed by atoms with Crippen molar-refractivity contribution in [1.29, 1.82) is 0 Å². The average molecular weight is 250 g/mol. The van der Waals surface area contributed by atoms with Crippen LogP contribution >= 0.6 is 0 Å². The van der Waals surface area contributed by atoms with Crippen molar-refractivity contribution in [3.05, 3.63) is 28.8 Å². The Morgan fingerprint density at radius 1 is 1.11 bits per heavy atom. The minimum atomic E-state index is -0.0934. The molecule has 3 nitrogen and oxygen atoms in total. The lowest BCUT2D eigenvalue weighted by Crippen LogP contribution is -2.26.